The number of rotatable bonds is 4. The van der Waals surface area contributed by atoms with Crippen LogP contribution >= 0.6 is 0 Å². The minimum Gasteiger partial charge on any atom is -0.495 e. The second-order valence-corrected chi connectivity index (χ2v) is 5.71. The predicted molar refractivity (Wildman–Crippen MR) is 95.2 cm³/mol. The molecule has 0 unspecified atom stereocenters. The van der Waals surface area contributed by atoms with Gasteiger partial charge in [-0.3, -0.25) is 10.1 Å². The lowest BCUT2D eigenvalue weighted by atomic mass is 10.1. The number of hydrogen-bond acceptors (Lipinski definition) is 6. The third kappa shape index (κ3) is 3.33. The normalized spacial score (nSPS) is 14.1. The number of nitriles is 1. The van der Waals surface area contributed by atoms with Crippen LogP contribution in [0.25, 0.3) is 0 Å². The molecule has 0 radical (unpaired) electrons. The van der Waals surface area contributed by atoms with E-state index in [1.807, 2.05) is 12.1 Å². The lowest BCUT2D eigenvalue weighted by Crippen LogP contribution is -2.46. The van der Waals surface area contributed by atoms with E-state index in [-0.39, 0.29) is 5.69 Å². The van der Waals surface area contributed by atoms with E-state index in [1.54, 1.807) is 25.3 Å². The van der Waals surface area contributed by atoms with Gasteiger partial charge in [-0.2, -0.15) is 5.26 Å². The first-order valence-corrected chi connectivity index (χ1v) is 7.95. The summed E-state index contributed by atoms with van der Waals surface area (Å²) in [7, 11) is 1.56. The van der Waals surface area contributed by atoms with Crippen LogP contribution in [-0.4, -0.2) is 38.2 Å². The molecule has 128 valence electrons. The number of methoxy groups -OCH3 is 1. The predicted octanol–water partition coefficient (Wildman–Crippen LogP) is 2.80. The van der Waals surface area contributed by atoms with Gasteiger partial charge in [-0.05, 0) is 24.3 Å². The van der Waals surface area contributed by atoms with Crippen LogP contribution in [0, 0.1) is 21.4 Å². The Morgan fingerprint density at radius 2 is 1.72 bits per heavy atom. The average molecular weight is 338 g/mol. The fraction of sp³-hybridized carbons (Fsp3) is 0.278. The zero-order valence-corrected chi connectivity index (χ0v) is 13.9. The molecule has 0 bridgehead atoms. The summed E-state index contributed by atoms with van der Waals surface area (Å²) >= 11 is 0. The fourth-order valence-corrected chi connectivity index (χ4v) is 3.06. The second-order valence-electron chi connectivity index (χ2n) is 5.71. The maximum absolute atomic E-state index is 10.7. The first-order valence-electron chi connectivity index (χ1n) is 7.95. The van der Waals surface area contributed by atoms with E-state index in [4.69, 9.17) is 4.74 Å². The Morgan fingerprint density at radius 1 is 1.08 bits per heavy atom. The van der Waals surface area contributed by atoms with E-state index in [9.17, 15) is 15.4 Å². The smallest absolute Gasteiger partial charge is 0.269 e. The highest BCUT2D eigenvalue weighted by molar-refractivity contribution is 5.66. The summed E-state index contributed by atoms with van der Waals surface area (Å²) < 4.78 is 5.27. The van der Waals surface area contributed by atoms with Gasteiger partial charge in [0, 0.05) is 44.0 Å². The second kappa shape index (κ2) is 7.09. The van der Waals surface area contributed by atoms with Crippen LogP contribution in [-0.2, 0) is 0 Å². The molecule has 0 aromatic heterocycles. The van der Waals surface area contributed by atoms with Gasteiger partial charge in [0.25, 0.3) is 5.69 Å². The number of benzene rings is 2. The molecule has 2 aromatic carbocycles. The van der Waals surface area contributed by atoms with Crippen molar-refractivity contribution < 1.29 is 9.66 Å². The summed E-state index contributed by atoms with van der Waals surface area (Å²) in [5.74, 6) is 0.581. The Bertz CT molecular complexity index is 806. The number of non-ortho nitro benzene ring substituents is 1. The molecule has 3 rings (SSSR count). The van der Waals surface area contributed by atoms with Crippen molar-refractivity contribution in [2.24, 2.45) is 0 Å². The molecule has 1 aliphatic heterocycles. The molecule has 7 nitrogen and oxygen atoms in total. The summed E-state index contributed by atoms with van der Waals surface area (Å²) in [6.07, 6.45) is 0. The van der Waals surface area contributed by atoms with Crippen LogP contribution in [0.2, 0.25) is 0 Å². The van der Waals surface area contributed by atoms with E-state index in [2.05, 4.69) is 15.9 Å². The molecule has 0 saturated carbocycles. The molecule has 1 heterocycles. The van der Waals surface area contributed by atoms with Crippen LogP contribution < -0.4 is 14.5 Å². The standard InChI is InChI=1S/C18H18N4O3/c1-25-18-4-2-3-17(16(18)13-19)21-11-9-20(10-12-21)14-5-7-15(8-6-14)22(23)24/h2-8H,9-12H2,1H3. The molecule has 1 fully saturated rings. The van der Waals surface area contributed by atoms with E-state index in [1.165, 1.54) is 12.1 Å². The summed E-state index contributed by atoms with van der Waals surface area (Å²) in [5, 5.41) is 20.2. The number of piperazine rings is 1. The van der Waals surface area contributed by atoms with Gasteiger partial charge in [-0.25, -0.2) is 0 Å². The zero-order valence-electron chi connectivity index (χ0n) is 13.9. The van der Waals surface area contributed by atoms with Crippen LogP contribution in [0.5, 0.6) is 5.75 Å². The average Bonchev–Trinajstić information content (AvgIpc) is 2.67. The molecule has 25 heavy (non-hydrogen) atoms. The molecule has 7 heteroatoms. The van der Waals surface area contributed by atoms with Gasteiger partial charge in [-0.15, -0.1) is 0 Å². The Morgan fingerprint density at radius 3 is 2.28 bits per heavy atom. The van der Waals surface area contributed by atoms with Crippen molar-refractivity contribution in [2.45, 2.75) is 0 Å². The summed E-state index contributed by atoms with van der Waals surface area (Å²) in [6.45, 7) is 3.08. The van der Waals surface area contributed by atoms with Gasteiger partial charge in [0.15, 0.2) is 0 Å². The third-order valence-electron chi connectivity index (χ3n) is 4.38. The minimum absolute atomic E-state index is 0.0948. The minimum atomic E-state index is -0.395. The number of ether oxygens (including phenoxy) is 1. The van der Waals surface area contributed by atoms with Gasteiger partial charge >= 0.3 is 0 Å². The van der Waals surface area contributed by atoms with Crippen LogP contribution in [0.1, 0.15) is 5.56 Å². The molecular formula is C18H18N4O3. The topological polar surface area (TPSA) is 82.6 Å². The molecule has 0 spiro atoms. The highest BCUT2D eigenvalue weighted by Gasteiger charge is 2.21. The maximum atomic E-state index is 10.7. The number of nitrogens with zero attached hydrogens (tertiary/aromatic N) is 4. The largest absolute Gasteiger partial charge is 0.495 e. The number of nitro benzene ring substituents is 1. The SMILES string of the molecule is COc1cccc(N2CCN(c3ccc([N+](=O)[O-])cc3)CC2)c1C#N. The molecule has 1 aliphatic rings. The van der Waals surface area contributed by atoms with Gasteiger partial charge < -0.3 is 14.5 Å². The molecule has 0 N–H and O–H groups in total. The lowest BCUT2D eigenvalue weighted by molar-refractivity contribution is -0.384. The Balaban J connectivity index is 1.72. The van der Waals surface area contributed by atoms with Crippen LogP contribution in [0.4, 0.5) is 17.1 Å². The number of anilines is 2. The van der Waals surface area contributed by atoms with Crippen LogP contribution in [0.3, 0.4) is 0 Å². The third-order valence-corrected chi connectivity index (χ3v) is 4.38. The molecule has 0 amide bonds. The van der Waals surface area contributed by atoms with E-state index >= 15 is 0 Å². The molecule has 2 aromatic rings. The van der Waals surface area contributed by atoms with Gasteiger partial charge in [-0.1, -0.05) is 6.07 Å². The highest BCUT2D eigenvalue weighted by atomic mass is 16.6. The molecule has 0 atom stereocenters. The van der Waals surface area contributed by atoms with Crippen molar-refractivity contribution in [3.8, 4) is 11.8 Å². The monoisotopic (exact) mass is 338 g/mol. The van der Waals surface area contributed by atoms with Gasteiger partial charge in [0.1, 0.15) is 17.4 Å². The van der Waals surface area contributed by atoms with E-state index in [0.717, 1.165) is 37.6 Å². The van der Waals surface area contributed by atoms with E-state index in [0.29, 0.717) is 11.3 Å². The Hall–Kier alpha value is -3.27. The summed E-state index contributed by atoms with van der Waals surface area (Å²) in [6, 6.07) is 14.4. The fourth-order valence-electron chi connectivity index (χ4n) is 3.06. The van der Waals surface area contributed by atoms with Crippen molar-refractivity contribution in [2.75, 3.05) is 43.1 Å². The Labute approximate surface area is 145 Å². The maximum Gasteiger partial charge on any atom is 0.269 e. The highest BCUT2D eigenvalue weighted by Crippen LogP contribution is 2.30. The number of hydrogen-bond donors (Lipinski definition) is 0. The van der Waals surface area contributed by atoms with Crippen molar-refractivity contribution in [3.05, 3.63) is 58.1 Å². The van der Waals surface area contributed by atoms with Crippen molar-refractivity contribution in [1.29, 1.82) is 5.26 Å². The number of nitro groups is 1. The zero-order chi connectivity index (χ0) is 17.8. The molecular weight excluding hydrogens is 320 g/mol. The lowest BCUT2D eigenvalue weighted by Gasteiger charge is -2.37. The van der Waals surface area contributed by atoms with Gasteiger partial charge in [0.05, 0.1) is 17.7 Å². The summed E-state index contributed by atoms with van der Waals surface area (Å²) in [4.78, 5) is 14.7. The molecule has 0 aliphatic carbocycles. The quantitative estimate of drug-likeness (QED) is 0.630. The molecule has 1 saturated heterocycles. The first kappa shape index (κ1) is 16.6. The van der Waals surface area contributed by atoms with Crippen molar-refractivity contribution in [1.82, 2.24) is 0 Å². The van der Waals surface area contributed by atoms with Gasteiger partial charge in [0.2, 0.25) is 0 Å². The first-order chi connectivity index (χ1) is 12.1. The van der Waals surface area contributed by atoms with E-state index < -0.39 is 4.92 Å². The Kier molecular flexibility index (Phi) is 4.70. The van der Waals surface area contributed by atoms with Crippen LogP contribution in [0.15, 0.2) is 42.5 Å². The van der Waals surface area contributed by atoms with Crippen molar-refractivity contribution >= 4 is 17.1 Å². The summed E-state index contributed by atoms with van der Waals surface area (Å²) in [5.41, 5.74) is 2.49. The van der Waals surface area contributed by atoms with Crippen molar-refractivity contribution in [3.63, 3.8) is 0 Å².